The number of carbonyl (C=O) groups excluding carboxylic acids is 1. The van der Waals surface area contributed by atoms with Gasteiger partial charge in [-0.05, 0) is 57.9 Å². The third-order valence-corrected chi connectivity index (χ3v) is 3.66. The molecule has 1 amide bonds. The highest BCUT2D eigenvalue weighted by Gasteiger charge is 2.45. The maximum atomic E-state index is 11.8. The van der Waals surface area contributed by atoms with E-state index in [9.17, 15) is 4.79 Å². The highest BCUT2D eigenvalue weighted by Crippen LogP contribution is 2.33. The predicted octanol–water partition coefficient (Wildman–Crippen LogP) is 2.35. The van der Waals surface area contributed by atoms with Crippen LogP contribution < -0.4 is 16.0 Å². The molecule has 1 saturated carbocycles. The number of nitrogens with one attached hydrogen (secondary N) is 1. The number of hydrogen-bond donors (Lipinski definition) is 2. The molecule has 0 bridgehead atoms. The average molecular weight is 261 g/mol. The van der Waals surface area contributed by atoms with E-state index >= 15 is 0 Å². The van der Waals surface area contributed by atoms with Crippen molar-refractivity contribution < 1.29 is 4.79 Å². The van der Waals surface area contributed by atoms with Crippen LogP contribution in [0.25, 0.3) is 0 Å². The Hall–Kier alpha value is -1.55. The van der Waals surface area contributed by atoms with E-state index in [-0.39, 0.29) is 5.91 Å². The fourth-order valence-corrected chi connectivity index (χ4v) is 2.20. The van der Waals surface area contributed by atoms with Gasteiger partial charge in [0.1, 0.15) is 0 Å². The SMILES string of the molecule is CCN(c1ccc(NC(=O)C2(N)CC2)cc1)C(C)C. The Kier molecular flexibility index (Phi) is 3.80. The number of nitrogens with zero attached hydrogens (tertiary/aromatic N) is 1. The van der Waals surface area contributed by atoms with Crippen LogP contribution >= 0.6 is 0 Å². The first-order valence-corrected chi connectivity index (χ1v) is 6.93. The summed E-state index contributed by atoms with van der Waals surface area (Å²) in [5.41, 5.74) is 7.22. The van der Waals surface area contributed by atoms with Gasteiger partial charge in [0.05, 0.1) is 5.54 Å². The van der Waals surface area contributed by atoms with E-state index in [2.05, 4.69) is 31.0 Å². The molecule has 1 aliphatic rings. The van der Waals surface area contributed by atoms with Crippen LogP contribution in [0.1, 0.15) is 33.6 Å². The molecule has 0 unspecified atom stereocenters. The molecule has 0 heterocycles. The molecule has 19 heavy (non-hydrogen) atoms. The molecule has 104 valence electrons. The van der Waals surface area contributed by atoms with Crippen molar-refractivity contribution in [3.63, 3.8) is 0 Å². The summed E-state index contributed by atoms with van der Waals surface area (Å²) in [6, 6.07) is 8.41. The summed E-state index contributed by atoms with van der Waals surface area (Å²) in [5.74, 6) is -0.0727. The Labute approximate surface area is 115 Å². The molecule has 1 aliphatic carbocycles. The zero-order valence-corrected chi connectivity index (χ0v) is 11.9. The van der Waals surface area contributed by atoms with Crippen molar-refractivity contribution in [3.8, 4) is 0 Å². The first kappa shape index (κ1) is 13.9. The van der Waals surface area contributed by atoms with E-state index in [1.807, 2.05) is 24.3 Å². The zero-order valence-electron chi connectivity index (χ0n) is 11.9. The van der Waals surface area contributed by atoms with Crippen molar-refractivity contribution in [1.82, 2.24) is 0 Å². The minimum absolute atomic E-state index is 0.0727. The summed E-state index contributed by atoms with van der Waals surface area (Å²) in [6.07, 6.45) is 1.57. The van der Waals surface area contributed by atoms with Crippen LogP contribution in [-0.4, -0.2) is 24.0 Å². The second kappa shape index (κ2) is 5.21. The monoisotopic (exact) mass is 261 g/mol. The average Bonchev–Trinajstić information content (AvgIpc) is 3.11. The maximum absolute atomic E-state index is 11.8. The molecule has 4 nitrogen and oxygen atoms in total. The van der Waals surface area contributed by atoms with Crippen LogP contribution in [0.3, 0.4) is 0 Å². The van der Waals surface area contributed by atoms with Gasteiger partial charge in [0, 0.05) is 24.0 Å². The van der Waals surface area contributed by atoms with E-state index in [0.29, 0.717) is 6.04 Å². The lowest BCUT2D eigenvalue weighted by Crippen LogP contribution is -2.37. The topological polar surface area (TPSA) is 58.4 Å². The van der Waals surface area contributed by atoms with Crippen LogP contribution in [-0.2, 0) is 4.79 Å². The van der Waals surface area contributed by atoms with Gasteiger partial charge in [0.2, 0.25) is 5.91 Å². The number of anilines is 2. The van der Waals surface area contributed by atoms with Crippen molar-refractivity contribution >= 4 is 17.3 Å². The van der Waals surface area contributed by atoms with Crippen molar-refractivity contribution in [3.05, 3.63) is 24.3 Å². The standard InChI is InChI=1S/C15H23N3O/c1-4-18(11(2)3)13-7-5-12(6-8-13)17-14(19)15(16)9-10-15/h5-8,11H,4,9-10,16H2,1-3H3,(H,17,19). The normalized spacial score (nSPS) is 16.3. The van der Waals surface area contributed by atoms with Crippen LogP contribution in [0.15, 0.2) is 24.3 Å². The maximum Gasteiger partial charge on any atom is 0.244 e. The van der Waals surface area contributed by atoms with E-state index in [1.165, 1.54) is 5.69 Å². The summed E-state index contributed by atoms with van der Waals surface area (Å²) in [7, 11) is 0. The molecule has 0 spiro atoms. The Morgan fingerprint density at radius 2 is 1.95 bits per heavy atom. The summed E-state index contributed by atoms with van der Waals surface area (Å²) in [4.78, 5) is 14.1. The quantitative estimate of drug-likeness (QED) is 0.855. The van der Waals surface area contributed by atoms with Gasteiger partial charge in [-0.3, -0.25) is 4.79 Å². The Morgan fingerprint density at radius 3 is 2.37 bits per heavy atom. The summed E-state index contributed by atoms with van der Waals surface area (Å²) < 4.78 is 0. The summed E-state index contributed by atoms with van der Waals surface area (Å²) in [5, 5.41) is 2.88. The molecular weight excluding hydrogens is 238 g/mol. The third kappa shape index (κ3) is 3.07. The third-order valence-electron chi connectivity index (χ3n) is 3.66. The molecule has 0 saturated heterocycles. The first-order valence-electron chi connectivity index (χ1n) is 6.93. The molecule has 0 aliphatic heterocycles. The highest BCUT2D eigenvalue weighted by molar-refractivity contribution is 6.00. The van der Waals surface area contributed by atoms with Crippen LogP contribution in [0.5, 0.6) is 0 Å². The minimum Gasteiger partial charge on any atom is -0.369 e. The summed E-state index contributed by atoms with van der Waals surface area (Å²) in [6.45, 7) is 7.45. The Bertz CT molecular complexity index is 449. The number of carbonyl (C=O) groups is 1. The number of hydrogen-bond acceptors (Lipinski definition) is 3. The Morgan fingerprint density at radius 1 is 1.37 bits per heavy atom. The van der Waals surface area contributed by atoms with E-state index in [4.69, 9.17) is 5.73 Å². The molecule has 1 aromatic rings. The van der Waals surface area contributed by atoms with Gasteiger partial charge in [-0.2, -0.15) is 0 Å². The van der Waals surface area contributed by atoms with E-state index in [1.54, 1.807) is 0 Å². The smallest absolute Gasteiger partial charge is 0.244 e. The van der Waals surface area contributed by atoms with E-state index in [0.717, 1.165) is 25.1 Å². The zero-order chi connectivity index (χ0) is 14.0. The van der Waals surface area contributed by atoms with Crippen LogP contribution in [0.2, 0.25) is 0 Å². The lowest BCUT2D eigenvalue weighted by atomic mass is 10.2. The lowest BCUT2D eigenvalue weighted by molar-refractivity contribution is -0.118. The second-order valence-corrected chi connectivity index (χ2v) is 5.54. The molecule has 0 atom stereocenters. The molecule has 1 aromatic carbocycles. The fraction of sp³-hybridized carbons (Fsp3) is 0.533. The minimum atomic E-state index is -0.619. The van der Waals surface area contributed by atoms with Crippen LogP contribution in [0, 0.1) is 0 Å². The molecule has 1 fully saturated rings. The van der Waals surface area contributed by atoms with Gasteiger partial charge >= 0.3 is 0 Å². The van der Waals surface area contributed by atoms with Gasteiger partial charge in [-0.15, -0.1) is 0 Å². The highest BCUT2D eigenvalue weighted by atomic mass is 16.2. The summed E-state index contributed by atoms with van der Waals surface area (Å²) >= 11 is 0. The van der Waals surface area contributed by atoms with Crippen molar-refractivity contribution in [2.45, 2.75) is 45.2 Å². The second-order valence-electron chi connectivity index (χ2n) is 5.54. The van der Waals surface area contributed by atoms with Gasteiger partial charge in [0.25, 0.3) is 0 Å². The molecule has 0 aromatic heterocycles. The molecule has 3 N–H and O–H groups in total. The van der Waals surface area contributed by atoms with Gasteiger partial charge in [-0.25, -0.2) is 0 Å². The lowest BCUT2D eigenvalue weighted by Gasteiger charge is -2.27. The van der Waals surface area contributed by atoms with Gasteiger partial charge < -0.3 is 16.0 Å². The van der Waals surface area contributed by atoms with Crippen molar-refractivity contribution in [2.24, 2.45) is 5.73 Å². The fourth-order valence-electron chi connectivity index (χ4n) is 2.20. The number of benzene rings is 1. The van der Waals surface area contributed by atoms with Crippen molar-refractivity contribution in [2.75, 3.05) is 16.8 Å². The number of amides is 1. The first-order chi connectivity index (χ1) is 8.96. The Balaban J connectivity index is 2.04. The molecular formula is C15H23N3O. The van der Waals surface area contributed by atoms with Crippen LogP contribution in [0.4, 0.5) is 11.4 Å². The molecule has 4 heteroatoms. The van der Waals surface area contributed by atoms with Crippen molar-refractivity contribution in [1.29, 1.82) is 0 Å². The van der Waals surface area contributed by atoms with E-state index < -0.39 is 5.54 Å². The number of rotatable bonds is 5. The molecule has 0 radical (unpaired) electrons. The number of nitrogens with two attached hydrogens (primary N) is 1. The van der Waals surface area contributed by atoms with Gasteiger partial charge in [0.15, 0.2) is 0 Å². The predicted molar refractivity (Wildman–Crippen MR) is 79.4 cm³/mol. The molecule has 2 rings (SSSR count). The largest absolute Gasteiger partial charge is 0.369 e. The van der Waals surface area contributed by atoms with Gasteiger partial charge in [-0.1, -0.05) is 0 Å².